The molecule has 0 heterocycles. The topological polar surface area (TPSA) is 32.7 Å². The highest BCUT2D eigenvalue weighted by molar-refractivity contribution is 9.10. The smallest absolute Gasteiger partial charge is 0.172 e. The molecule has 0 spiro atoms. The Labute approximate surface area is 112 Å². The minimum absolute atomic E-state index is 0.176. The van der Waals surface area contributed by atoms with Gasteiger partial charge in [-0.1, -0.05) is 13.8 Å². The van der Waals surface area contributed by atoms with E-state index >= 15 is 0 Å². The molecule has 4 heteroatoms. The van der Waals surface area contributed by atoms with Crippen LogP contribution in [-0.4, -0.2) is 29.7 Å². The van der Waals surface area contributed by atoms with E-state index in [4.69, 9.17) is 4.74 Å². The Morgan fingerprint density at radius 2 is 1.88 bits per heavy atom. The molecule has 0 aliphatic heterocycles. The molecule has 1 aromatic carbocycles. The predicted molar refractivity (Wildman–Crippen MR) is 73.6 cm³/mol. The lowest BCUT2D eigenvalue weighted by atomic mass is 10.2. The van der Waals surface area contributed by atoms with Gasteiger partial charge in [-0.25, -0.2) is 0 Å². The van der Waals surface area contributed by atoms with Crippen LogP contribution in [0.15, 0.2) is 16.6 Å². The summed E-state index contributed by atoms with van der Waals surface area (Å²) in [5.74, 6) is 0.721. The zero-order valence-electron chi connectivity index (χ0n) is 10.7. The maximum absolute atomic E-state index is 9.82. The molecule has 0 amide bonds. The van der Waals surface area contributed by atoms with Crippen molar-refractivity contribution in [1.82, 2.24) is 4.90 Å². The second-order valence-corrected chi connectivity index (χ2v) is 4.67. The Balaban J connectivity index is 2.93. The Morgan fingerprint density at radius 1 is 1.24 bits per heavy atom. The van der Waals surface area contributed by atoms with E-state index < -0.39 is 0 Å². The van der Waals surface area contributed by atoms with Gasteiger partial charge >= 0.3 is 0 Å². The van der Waals surface area contributed by atoms with Crippen molar-refractivity contribution in [3.8, 4) is 11.5 Å². The number of phenolic OH excluding ortho intramolecular Hbond substituents is 1. The van der Waals surface area contributed by atoms with Gasteiger partial charge in [0.25, 0.3) is 0 Å². The number of aromatic hydroxyl groups is 1. The third kappa shape index (κ3) is 3.89. The van der Waals surface area contributed by atoms with Gasteiger partial charge in [0.1, 0.15) is 0 Å². The number of hydrogen-bond donors (Lipinski definition) is 1. The largest absolute Gasteiger partial charge is 0.503 e. The normalized spacial score (nSPS) is 10.9. The molecule has 0 aliphatic rings. The van der Waals surface area contributed by atoms with Crippen LogP contribution in [-0.2, 0) is 6.54 Å². The van der Waals surface area contributed by atoms with Gasteiger partial charge in [-0.15, -0.1) is 0 Å². The summed E-state index contributed by atoms with van der Waals surface area (Å²) >= 11 is 3.35. The molecule has 0 fully saturated rings. The molecule has 0 saturated carbocycles. The molecular formula is C13H20BrNO2. The summed E-state index contributed by atoms with van der Waals surface area (Å²) < 4.78 is 6.09. The predicted octanol–water partition coefficient (Wildman–Crippen LogP) is 3.40. The van der Waals surface area contributed by atoms with Crippen LogP contribution in [0.25, 0.3) is 0 Å². The molecule has 0 unspecified atom stereocenters. The molecule has 1 aromatic rings. The van der Waals surface area contributed by atoms with Crippen LogP contribution in [0.1, 0.15) is 26.3 Å². The number of halogens is 1. The monoisotopic (exact) mass is 301 g/mol. The van der Waals surface area contributed by atoms with Gasteiger partial charge in [-0.2, -0.15) is 0 Å². The summed E-state index contributed by atoms with van der Waals surface area (Å²) in [7, 11) is 0. The Morgan fingerprint density at radius 3 is 2.41 bits per heavy atom. The first kappa shape index (κ1) is 14.3. The number of phenols is 1. The Kier molecular flexibility index (Phi) is 5.78. The van der Waals surface area contributed by atoms with Crippen molar-refractivity contribution in [3.05, 3.63) is 22.2 Å². The highest BCUT2D eigenvalue weighted by Gasteiger charge is 2.10. The van der Waals surface area contributed by atoms with Crippen molar-refractivity contribution in [3.63, 3.8) is 0 Å². The first-order valence-corrected chi connectivity index (χ1v) is 6.78. The van der Waals surface area contributed by atoms with Crippen LogP contribution >= 0.6 is 15.9 Å². The molecule has 0 aromatic heterocycles. The van der Waals surface area contributed by atoms with Gasteiger partial charge in [0.15, 0.2) is 11.5 Å². The van der Waals surface area contributed by atoms with Crippen LogP contribution in [0.4, 0.5) is 0 Å². The fourth-order valence-corrected chi connectivity index (χ4v) is 2.18. The Hall–Kier alpha value is -0.740. The van der Waals surface area contributed by atoms with Gasteiger partial charge in [0.05, 0.1) is 11.1 Å². The summed E-state index contributed by atoms with van der Waals surface area (Å²) in [5, 5.41) is 9.82. The zero-order chi connectivity index (χ0) is 12.8. The van der Waals surface area contributed by atoms with Gasteiger partial charge in [-0.05, 0) is 53.6 Å². The van der Waals surface area contributed by atoms with E-state index in [1.165, 1.54) is 0 Å². The van der Waals surface area contributed by atoms with Crippen molar-refractivity contribution in [2.24, 2.45) is 0 Å². The number of hydrogen-bond acceptors (Lipinski definition) is 3. The molecule has 1 rings (SSSR count). The highest BCUT2D eigenvalue weighted by atomic mass is 79.9. The lowest BCUT2D eigenvalue weighted by Crippen LogP contribution is -2.22. The van der Waals surface area contributed by atoms with Gasteiger partial charge in [0, 0.05) is 6.54 Å². The van der Waals surface area contributed by atoms with Crippen LogP contribution < -0.4 is 4.74 Å². The molecule has 1 N–H and O–H groups in total. The van der Waals surface area contributed by atoms with E-state index in [1.54, 1.807) is 0 Å². The zero-order valence-corrected chi connectivity index (χ0v) is 12.2. The molecular weight excluding hydrogens is 282 g/mol. The van der Waals surface area contributed by atoms with E-state index in [1.807, 2.05) is 19.1 Å². The Bertz CT molecular complexity index is 365. The van der Waals surface area contributed by atoms with Crippen molar-refractivity contribution < 1.29 is 9.84 Å². The van der Waals surface area contributed by atoms with E-state index in [0.717, 1.165) is 25.2 Å². The molecule has 96 valence electrons. The molecule has 0 radical (unpaired) electrons. The van der Waals surface area contributed by atoms with Crippen molar-refractivity contribution in [2.45, 2.75) is 27.3 Å². The van der Waals surface area contributed by atoms with Gasteiger partial charge in [0.2, 0.25) is 0 Å². The first-order valence-electron chi connectivity index (χ1n) is 5.98. The summed E-state index contributed by atoms with van der Waals surface area (Å²) in [5.41, 5.74) is 1.14. The standard InChI is InChI=1S/C13H20BrNO2/c1-4-15(5-2)9-10-7-11(14)13(16)12(8-10)17-6-3/h7-8,16H,4-6,9H2,1-3H3. The SMILES string of the molecule is CCOc1cc(CN(CC)CC)cc(Br)c1O. The summed E-state index contributed by atoms with van der Waals surface area (Å²) in [6.45, 7) is 9.63. The number of rotatable bonds is 6. The van der Waals surface area contributed by atoms with E-state index in [-0.39, 0.29) is 5.75 Å². The van der Waals surface area contributed by atoms with Crippen LogP contribution in [0.2, 0.25) is 0 Å². The lowest BCUT2D eigenvalue weighted by molar-refractivity contribution is 0.292. The van der Waals surface area contributed by atoms with E-state index in [0.29, 0.717) is 16.8 Å². The second kappa shape index (κ2) is 6.87. The van der Waals surface area contributed by atoms with Crippen molar-refractivity contribution in [2.75, 3.05) is 19.7 Å². The van der Waals surface area contributed by atoms with Crippen LogP contribution in [0.3, 0.4) is 0 Å². The van der Waals surface area contributed by atoms with Gasteiger partial charge < -0.3 is 9.84 Å². The fourth-order valence-electron chi connectivity index (χ4n) is 1.69. The van der Waals surface area contributed by atoms with E-state index in [9.17, 15) is 5.11 Å². The summed E-state index contributed by atoms with van der Waals surface area (Å²) in [6, 6.07) is 3.85. The van der Waals surface area contributed by atoms with Crippen LogP contribution in [0, 0.1) is 0 Å². The molecule has 0 bridgehead atoms. The average Bonchev–Trinajstić information content (AvgIpc) is 2.32. The fraction of sp³-hybridized carbons (Fsp3) is 0.538. The van der Waals surface area contributed by atoms with Gasteiger partial charge in [-0.3, -0.25) is 4.90 Å². The maximum Gasteiger partial charge on any atom is 0.172 e. The quantitative estimate of drug-likeness (QED) is 0.874. The molecule has 3 nitrogen and oxygen atoms in total. The minimum Gasteiger partial charge on any atom is -0.503 e. The highest BCUT2D eigenvalue weighted by Crippen LogP contribution is 2.35. The van der Waals surface area contributed by atoms with E-state index in [2.05, 4.69) is 34.7 Å². The summed E-state index contributed by atoms with van der Waals surface area (Å²) in [4.78, 5) is 2.31. The second-order valence-electron chi connectivity index (χ2n) is 3.82. The summed E-state index contributed by atoms with van der Waals surface area (Å²) in [6.07, 6.45) is 0. The van der Waals surface area contributed by atoms with Crippen LogP contribution in [0.5, 0.6) is 11.5 Å². The average molecular weight is 302 g/mol. The van der Waals surface area contributed by atoms with Crippen molar-refractivity contribution >= 4 is 15.9 Å². The molecule has 0 saturated heterocycles. The lowest BCUT2D eigenvalue weighted by Gasteiger charge is -2.19. The number of benzene rings is 1. The number of ether oxygens (including phenoxy) is 1. The van der Waals surface area contributed by atoms with Crippen molar-refractivity contribution in [1.29, 1.82) is 0 Å². The molecule has 0 aliphatic carbocycles. The third-order valence-corrected chi connectivity index (χ3v) is 3.29. The maximum atomic E-state index is 9.82. The minimum atomic E-state index is 0.176. The first-order chi connectivity index (χ1) is 8.12. The molecule has 17 heavy (non-hydrogen) atoms. The molecule has 0 atom stereocenters. The third-order valence-electron chi connectivity index (χ3n) is 2.69. The number of nitrogens with zero attached hydrogens (tertiary/aromatic N) is 1.